The van der Waals surface area contributed by atoms with Gasteiger partial charge in [-0.3, -0.25) is 4.57 Å². The van der Waals surface area contributed by atoms with E-state index in [0.717, 1.165) is 11.0 Å². The quantitative estimate of drug-likeness (QED) is 0.773. The smallest absolute Gasteiger partial charge is 0.326 e. The molecule has 0 atom stereocenters. The van der Waals surface area contributed by atoms with Gasteiger partial charge in [-0.15, -0.1) is 0 Å². The lowest BCUT2D eigenvalue weighted by atomic mass is 10.1. The first-order valence-electron chi connectivity index (χ1n) is 4.87. The van der Waals surface area contributed by atoms with Crippen LogP contribution in [0, 0.1) is 0 Å². The number of rotatable bonds is 2. The van der Waals surface area contributed by atoms with Crippen molar-refractivity contribution in [3.63, 3.8) is 0 Å². The minimum Gasteiger partial charge on any atom is -0.389 e. The number of benzene rings is 1. The fraction of sp³-hybridized carbons (Fsp3) is 0.364. The van der Waals surface area contributed by atoms with E-state index < -0.39 is 5.60 Å². The summed E-state index contributed by atoms with van der Waals surface area (Å²) < 4.78 is 1.55. The van der Waals surface area contributed by atoms with Crippen molar-refractivity contribution in [2.45, 2.75) is 26.0 Å². The number of hydrogen-bond acceptors (Lipinski definition) is 2. The molecule has 0 unspecified atom stereocenters. The van der Waals surface area contributed by atoms with E-state index in [2.05, 4.69) is 4.98 Å². The van der Waals surface area contributed by atoms with E-state index in [1.54, 1.807) is 18.4 Å². The average Bonchev–Trinajstić information content (AvgIpc) is 2.41. The van der Waals surface area contributed by atoms with Gasteiger partial charge in [-0.05, 0) is 26.0 Å². The number of imidazole rings is 1. The van der Waals surface area contributed by atoms with Gasteiger partial charge in [-0.1, -0.05) is 12.1 Å². The Bertz CT molecular complexity index is 531. The third-order valence-corrected chi connectivity index (χ3v) is 2.23. The lowest BCUT2D eigenvalue weighted by molar-refractivity contribution is 0.0617. The van der Waals surface area contributed by atoms with Gasteiger partial charge in [0.05, 0.1) is 23.2 Å². The van der Waals surface area contributed by atoms with Gasteiger partial charge in [-0.25, -0.2) is 4.79 Å². The molecule has 80 valence electrons. The number of aromatic nitrogens is 2. The molecule has 0 fully saturated rings. The van der Waals surface area contributed by atoms with Crippen LogP contribution in [-0.4, -0.2) is 20.3 Å². The first kappa shape index (κ1) is 9.98. The zero-order valence-corrected chi connectivity index (χ0v) is 8.82. The molecule has 0 saturated carbocycles. The number of aromatic amines is 1. The number of hydrogen-bond donors (Lipinski definition) is 2. The minimum absolute atomic E-state index is 0.182. The molecule has 4 heteroatoms. The van der Waals surface area contributed by atoms with Crippen molar-refractivity contribution >= 4 is 11.0 Å². The minimum atomic E-state index is -0.894. The second-order valence-electron chi connectivity index (χ2n) is 4.35. The van der Waals surface area contributed by atoms with Crippen LogP contribution in [0.4, 0.5) is 0 Å². The van der Waals surface area contributed by atoms with Crippen molar-refractivity contribution in [2.24, 2.45) is 0 Å². The predicted octanol–water partition coefficient (Wildman–Crippen LogP) is 1.10. The molecule has 0 bridgehead atoms. The van der Waals surface area contributed by atoms with Gasteiger partial charge in [0.15, 0.2) is 0 Å². The summed E-state index contributed by atoms with van der Waals surface area (Å²) in [6, 6.07) is 7.44. The van der Waals surface area contributed by atoms with E-state index in [-0.39, 0.29) is 12.2 Å². The summed E-state index contributed by atoms with van der Waals surface area (Å²) >= 11 is 0. The van der Waals surface area contributed by atoms with E-state index in [1.807, 2.05) is 24.3 Å². The Morgan fingerprint density at radius 1 is 1.40 bits per heavy atom. The lowest BCUT2D eigenvalue weighted by Gasteiger charge is -2.17. The Morgan fingerprint density at radius 2 is 2.07 bits per heavy atom. The van der Waals surface area contributed by atoms with Gasteiger partial charge in [0.1, 0.15) is 0 Å². The van der Waals surface area contributed by atoms with Crippen LogP contribution >= 0.6 is 0 Å². The fourth-order valence-corrected chi connectivity index (χ4v) is 1.65. The normalized spacial score (nSPS) is 12.2. The highest BCUT2D eigenvalue weighted by atomic mass is 16.3. The Kier molecular flexibility index (Phi) is 2.16. The van der Waals surface area contributed by atoms with Crippen molar-refractivity contribution in [2.75, 3.05) is 0 Å². The van der Waals surface area contributed by atoms with Crippen molar-refractivity contribution in [3.8, 4) is 0 Å². The van der Waals surface area contributed by atoms with E-state index >= 15 is 0 Å². The van der Waals surface area contributed by atoms with Crippen molar-refractivity contribution < 1.29 is 5.11 Å². The van der Waals surface area contributed by atoms with Crippen LogP contribution in [0.1, 0.15) is 13.8 Å². The summed E-state index contributed by atoms with van der Waals surface area (Å²) in [6.07, 6.45) is 0. The number of nitrogens with zero attached hydrogens (tertiary/aromatic N) is 1. The molecular weight excluding hydrogens is 192 g/mol. The third-order valence-electron chi connectivity index (χ3n) is 2.23. The molecule has 1 aromatic carbocycles. The maximum Gasteiger partial charge on any atom is 0.326 e. The highest BCUT2D eigenvalue weighted by Gasteiger charge is 2.16. The van der Waals surface area contributed by atoms with Gasteiger partial charge >= 0.3 is 5.69 Å². The summed E-state index contributed by atoms with van der Waals surface area (Å²) in [7, 11) is 0. The lowest BCUT2D eigenvalue weighted by Crippen LogP contribution is -2.31. The second-order valence-corrected chi connectivity index (χ2v) is 4.35. The maximum atomic E-state index is 11.6. The summed E-state index contributed by atoms with van der Waals surface area (Å²) in [4.78, 5) is 14.4. The molecule has 4 nitrogen and oxygen atoms in total. The van der Waals surface area contributed by atoms with Crippen LogP contribution in [0.5, 0.6) is 0 Å². The average molecular weight is 206 g/mol. The molecule has 2 rings (SSSR count). The zero-order chi connectivity index (χ0) is 11.1. The maximum absolute atomic E-state index is 11.6. The molecule has 0 aliphatic rings. The largest absolute Gasteiger partial charge is 0.389 e. The van der Waals surface area contributed by atoms with Gasteiger partial charge in [0.25, 0.3) is 0 Å². The third kappa shape index (κ3) is 1.94. The summed E-state index contributed by atoms with van der Waals surface area (Å²) in [5, 5.41) is 9.70. The number of fused-ring (bicyclic) bond motifs is 1. The summed E-state index contributed by atoms with van der Waals surface area (Å²) in [6.45, 7) is 3.65. The summed E-state index contributed by atoms with van der Waals surface area (Å²) in [5.41, 5.74) is 0.545. The van der Waals surface area contributed by atoms with Crippen molar-refractivity contribution in [1.82, 2.24) is 9.55 Å². The topological polar surface area (TPSA) is 58.0 Å². The molecule has 0 radical (unpaired) electrons. The second kappa shape index (κ2) is 3.24. The van der Waals surface area contributed by atoms with Gasteiger partial charge in [-0.2, -0.15) is 0 Å². The van der Waals surface area contributed by atoms with Crippen LogP contribution in [0.25, 0.3) is 11.0 Å². The highest BCUT2D eigenvalue weighted by molar-refractivity contribution is 5.74. The van der Waals surface area contributed by atoms with Crippen LogP contribution in [0.2, 0.25) is 0 Å². The van der Waals surface area contributed by atoms with Gasteiger partial charge in [0.2, 0.25) is 0 Å². The summed E-state index contributed by atoms with van der Waals surface area (Å²) in [5.74, 6) is 0. The Morgan fingerprint density at radius 3 is 2.73 bits per heavy atom. The molecule has 0 saturated heterocycles. The molecule has 0 spiro atoms. The number of aliphatic hydroxyl groups is 1. The van der Waals surface area contributed by atoms with Crippen LogP contribution in [0.15, 0.2) is 29.1 Å². The number of H-pyrrole nitrogens is 1. The first-order valence-corrected chi connectivity index (χ1v) is 4.87. The van der Waals surface area contributed by atoms with E-state index in [9.17, 15) is 9.90 Å². The molecule has 0 amide bonds. The van der Waals surface area contributed by atoms with Crippen LogP contribution in [0.3, 0.4) is 0 Å². The molecule has 1 heterocycles. The Labute approximate surface area is 87.2 Å². The van der Waals surface area contributed by atoms with Gasteiger partial charge in [0, 0.05) is 0 Å². The molecular formula is C11H14N2O2. The molecule has 15 heavy (non-hydrogen) atoms. The van der Waals surface area contributed by atoms with Crippen molar-refractivity contribution in [1.29, 1.82) is 0 Å². The standard InChI is InChI=1S/C11H14N2O2/c1-11(2,15)7-13-9-6-4-3-5-8(9)12-10(13)14/h3-6,15H,7H2,1-2H3,(H,12,14). The van der Waals surface area contributed by atoms with Crippen LogP contribution in [-0.2, 0) is 6.54 Å². The number of nitrogens with one attached hydrogen (secondary N) is 1. The predicted molar refractivity (Wildman–Crippen MR) is 58.9 cm³/mol. The SMILES string of the molecule is CC(C)(O)Cn1c(=O)[nH]c2ccccc21. The first-order chi connectivity index (χ1) is 6.97. The number of para-hydroxylation sites is 2. The molecule has 2 N–H and O–H groups in total. The molecule has 0 aliphatic carbocycles. The van der Waals surface area contributed by atoms with Gasteiger partial charge < -0.3 is 10.1 Å². The highest BCUT2D eigenvalue weighted by Crippen LogP contribution is 2.12. The Balaban J connectivity index is 2.60. The van der Waals surface area contributed by atoms with E-state index in [4.69, 9.17) is 0 Å². The fourth-order valence-electron chi connectivity index (χ4n) is 1.65. The Hall–Kier alpha value is -1.55. The van der Waals surface area contributed by atoms with E-state index in [0.29, 0.717) is 0 Å². The zero-order valence-electron chi connectivity index (χ0n) is 8.82. The molecule has 2 aromatic rings. The van der Waals surface area contributed by atoms with E-state index in [1.165, 1.54) is 0 Å². The van der Waals surface area contributed by atoms with Crippen LogP contribution < -0.4 is 5.69 Å². The molecule has 0 aliphatic heterocycles. The van der Waals surface area contributed by atoms with Crippen molar-refractivity contribution in [3.05, 3.63) is 34.7 Å². The molecule has 1 aromatic heterocycles. The monoisotopic (exact) mass is 206 g/mol.